The average molecular weight is 214 g/mol. The Kier molecular flexibility index (Phi) is 2.17. The molecule has 1 aromatic carbocycles. The van der Waals surface area contributed by atoms with Gasteiger partial charge in [0.05, 0.1) is 6.33 Å². The zero-order valence-corrected chi connectivity index (χ0v) is 8.98. The molecule has 0 unspecified atom stereocenters. The normalized spacial score (nSPS) is 18.6. The second-order valence-corrected chi connectivity index (χ2v) is 4.40. The van der Waals surface area contributed by atoms with Crippen LogP contribution >= 0.6 is 0 Å². The molecule has 2 N–H and O–H groups in total. The van der Waals surface area contributed by atoms with Gasteiger partial charge in [-0.15, -0.1) is 0 Å². The molecule has 3 rings (SSSR count). The van der Waals surface area contributed by atoms with Gasteiger partial charge in [-0.1, -0.05) is 6.07 Å². The molecule has 1 aliphatic rings. The molecule has 3 nitrogen and oxygen atoms in total. The van der Waals surface area contributed by atoms with E-state index in [1.54, 1.807) is 12.4 Å². The second-order valence-electron chi connectivity index (χ2n) is 4.40. The van der Waals surface area contributed by atoms with Gasteiger partial charge in [-0.25, -0.2) is 4.98 Å². The molecular formula is C13H14N2O. The fraction of sp³-hybridized carbons (Fsp3) is 0.308. The second kappa shape index (κ2) is 3.67. The van der Waals surface area contributed by atoms with E-state index in [1.807, 2.05) is 12.3 Å². The molecule has 1 atom stereocenters. The van der Waals surface area contributed by atoms with Crippen LogP contribution in [0.3, 0.4) is 0 Å². The highest BCUT2D eigenvalue weighted by Crippen LogP contribution is 2.36. The van der Waals surface area contributed by atoms with Crippen molar-refractivity contribution in [2.75, 3.05) is 0 Å². The number of rotatable bonds is 2. The van der Waals surface area contributed by atoms with Gasteiger partial charge in [-0.2, -0.15) is 0 Å². The molecule has 0 amide bonds. The summed E-state index contributed by atoms with van der Waals surface area (Å²) in [6, 6.07) is 5.73. The van der Waals surface area contributed by atoms with Gasteiger partial charge in [-0.05, 0) is 48.4 Å². The summed E-state index contributed by atoms with van der Waals surface area (Å²) in [7, 11) is 0. The van der Waals surface area contributed by atoms with E-state index in [9.17, 15) is 5.11 Å². The standard InChI is InChI=1S/C13H14N2O/c16-12-3-4-13-9(1-2-10(13)6-12)5-11-7-14-8-15-11/h3-4,6-9,16H,1-2,5H2,(H,14,15)/t9-/m1/s1. The smallest absolute Gasteiger partial charge is 0.115 e. The van der Waals surface area contributed by atoms with Crippen molar-refractivity contribution in [3.63, 3.8) is 0 Å². The number of phenols is 1. The maximum absolute atomic E-state index is 9.42. The molecule has 0 radical (unpaired) electrons. The summed E-state index contributed by atoms with van der Waals surface area (Å²) < 4.78 is 0. The monoisotopic (exact) mass is 214 g/mol. The van der Waals surface area contributed by atoms with Crippen LogP contribution in [-0.2, 0) is 12.8 Å². The van der Waals surface area contributed by atoms with Gasteiger partial charge in [0, 0.05) is 11.9 Å². The van der Waals surface area contributed by atoms with Gasteiger partial charge in [0.1, 0.15) is 5.75 Å². The lowest BCUT2D eigenvalue weighted by molar-refractivity contribution is 0.474. The van der Waals surface area contributed by atoms with Crippen LogP contribution in [0.15, 0.2) is 30.7 Å². The lowest BCUT2D eigenvalue weighted by Gasteiger charge is -2.09. The van der Waals surface area contributed by atoms with Crippen molar-refractivity contribution < 1.29 is 5.11 Å². The number of aromatic hydroxyl groups is 1. The van der Waals surface area contributed by atoms with Crippen molar-refractivity contribution in [1.29, 1.82) is 0 Å². The van der Waals surface area contributed by atoms with Crippen LogP contribution in [0.5, 0.6) is 5.75 Å². The van der Waals surface area contributed by atoms with Gasteiger partial charge < -0.3 is 10.1 Å². The number of aryl methyl sites for hydroxylation is 1. The Labute approximate surface area is 94.2 Å². The zero-order valence-electron chi connectivity index (χ0n) is 8.98. The van der Waals surface area contributed by atoms with E-state index < -0.39 is 0 Å². The van der Waals surface area contributed by atoms with Crippen LogP contribution in [0.4, 0.5) is 0 Å². The predicted molar refractivity (Wildman–Crippen MR) is 61.5 cm³/mol. The number of aromatic nitrogens is 2. The van der Waals surface area contributed by atoms with Crippen molar-refractivity contribution in [3.8, 4) is 5.75 Å². The van der Waals surface area contributed by atoms with Crippen LogP contribution in [0.25, 0.3) is 0 Å². The molecule has 0 bridgehead atoms. The number of hydrogen-bond acceptors (Lipinski definition) is 2. The Balaban J connectivity index is 1.86. The molecule has 82 valence electrons. The van der Waals surface area contributed by atoms with E-state index in [0.717, 1.165) is 19.3 Å². The van der Waals surface area contributed by atoms with Crippen molar-refractivity contribution in [2.24, 2.45) is 0 Å². The Bertz CT molecular complexity index is 491. The fourth-order valence-corrected chi connectivity index (χ4v) is 2.57. The minimum absolute atomic E-state index is 0.376. The summed E-state index contributed by atoms with van der Waals surface area (Å²) in [6.07, 6.45) is 6.86. The Morgan fingerprint density at radius 3 is 3.19 bits per heavy atom. The lowest BCUT2D eigenvalue weighted by atomic mass is 9.96. The third-order valence-electron chi connectivity index (χ3n) is 3.35. The highest BCUT2D eigenvalue weighted by Gasteiger charge is 2.23. The van der Waals surface area contributed by atoms with Crippen molar-refractivity contribution in [1.82, 2.24) is 9.97 Å². The van der Waals surface area contributed by atoms with E-state index in [-0.39, 0.29) is 0 Å². The van der Waals surface area contributed by atoms with Crippen LogP contribution in [0.1, 0.15) is 29.2 Å². The summed E-state index contributed by atoms with van der Waals surface area (Å²) in [4.78, 5) is 7.18. The molecular weight excluding hydrogens is 200 g/mol. The fourth-order valence-electron chi connectivity index (χ4n) is 2.57. The maximum Gasteiger partial charge on any atom is 0.115 e. The minimum atomic E-state index is 0.376. The van der Waals surface area contributed by atoms with Gasteiger partial charge in [-0.3, -0.25) is 0 Å². The molecule has 0 saturated carbocycles. The quantitative estimate of drug-likeness (QED) is 0.806. The van der Waals surface area contributed by atoms with Gasteiger partial charge >= 0.3 is 0 Å². The highest BCUT2D eigenvalue weighted by molar-refractivity contribution is 5.40. The summed E-state index contributed by atoms with van der Waals surface area (Å²) in [5, 5.41) is 9.42. The van der Waals surface area contributed by atoms with Crippen molar-refractivity contribution >= 4 is 0 Å². The number of fused-ring (bicyclic) bond motifs is 1. The maximum atomic E-state index is 9.42. The number of nitrogens with one attached hydrogen (secondary N) is 1. The molecule has 0 fully saturated rings. The lowest BCUT2D eigenvalue weighted by Crippen LogP contribution is -1.98. The Morgan fingerprint density at radius 2 is 2.38 bits per heavy atom. The van der Waals surface area contributed by atoms with Crippen LogP contribution in [0.2, 0.25) is 0 Å². The zero-order chi connectivity index (χ0) is 11.0. The molecule has 0 aliphatic heterocycles. The predicted octanol–water partition coefficient (Wildman–Crippen LogP) is 2.39. The molecule has 0 saturated heterocycles. The number of benzene rings is 1. The highest BCUT2D eigenvalue weighted by atomic mass is 16.3. The molecule has 16 heavy (non-hydrogen) atoms. The van der Waals surface area contributed by atoms with Crippen molar-refractivity contribution in [3.05, 3.63) is 47.5 Å². The summed E-state index contributed by atoms with van der Waals surface area (Å²) in [5.41, 5.74) is 3.86. The number of nitrogens with zero attached hydrogens (tertiary/aromatic N) is 1. The van der Waals surface area contributed by atoms with Crippen LogP contribution in [0, 0.1) is 0 Å². The number of aromatic amines is 1. The van der Waals surface area contributed by atoms with Gasteiger partial charge in [0.2, 0.25) is 0 Å². The van der Waals surface area contributed by atoms with E-state index in [0.29, 0.717) is 11.7 Å². The van der Waals surface area contributed by atoms with E-state index in [2.05, 4.69) is 16.0 Å². The molecule has 0 spiro atoms. The topological polar surface area (TPSA) is 48.9 Å². The number of H-pyrrole nitrogens is 1. The largest absolute Gasteiger partial charge is 0.508 e. The molecule has 2 aromatic rings. The van der Waals surface area contributed by atoms with Crippen molar-refractivity contribution in [2.45, 2.75) is 25.2 Å². The Morgan fingerprint density at radius 1 is 1.44 bits per heavy atom. The Hall–Kier alpha value is -1.77. The third kappa shape index (κ3) is 1.58. The van der Waals surface area contributed by atoms with E-state index in [1.165, 1.54) is 16.8 Å². The number of imidazole rings is 1. The first-order chi connectivity index (χ1) is 7.83. The third-order valence-corrected chi connectivity index (χ3v) is 3.35. The summed E-state index contributed by atoms with van der Waals surface area (Å²) in [5.74, 6) is 0.942. The van der Waals surface area contributed by atoms with E-state index in [4.69, 9.17) is 0 Å². The van der Waals surface area contributed by atoms with Gasteiger partial charge in [0.15, 0.2) is 0 Å². The number of phenolic OH excluding ortho intramolecular Hbond substituents is 1. The molecule has 1 aromatic heterocycles. The first-order valence-corrected chi connectivity index (χ1v) is 5.62. The SMILES string of the molecule is Oc1ccc2c(c1)CC[C@@H]2Cc1cnc[nH]1. The van der Waals surface area contributed by atoms with Gasteiger partial charge in [0.25, 0.3) is 0 Å². The minimum Gasteiger partial charge on any atom is -0.508 e. The molecule has 1 heterocycles. The van der Waals surface area contributed by atoms with Crippen LogP contribution in [-0.4, -0.2) is 15.1 Å². The van der Waals surface area contributed by atoms with E-state index >= 15 is 0 Å². The average Bonchev–Trinajstić information content (AvgIpc) is 2.89. The van der Waals surface area contributed by atoms with Crippen LogP contribution < -0.4 is 0 Å². The summed E-state index contributed by atoms with van der Waals surface area (Å²) >= 11 is 0. The first kappa shape index (κ1) is 9.46. The summed E-state index contributed by atoms with van der Waals surface area (Å²) in [6.45, 7) is 0. The molecule has 1 aliphatic carbocycles. The number of hydrogen-bond donors (Lipinski definition) is 2. The molecule has 3 heteroatoms. The first-order valence-electron chi connectivity index (χ1n) is 5.62.